The summed E-state index contributed by atoms with van der Waals surface area (Å²) < 4.78 is 11.5. The molecule has 31 heavy (non-hydrogen) atoms. The molecule has 0 saturated heterocycles. The van der Waals surface area contributed by atoms with Crippen LogP contribution < -0.4 is 10.5 Å². The predicted octanol–water partition coefficient (Wildman–Crippen LogP) is 3.43. The molecule has 1 aromatic heterocycles. The Balaban J connectivity index is 2.26. The summed E-state index contributed by atoms with van der Waals surface area (Å²) in [5, 5.41) is 23.2. The number of aromatic nitrogens is 1. The number of fused-ring (bicyclic) bond motifs is 2. The van der Waals surface area contributed by atoms with Gasteiger partial charge in [0, 0.05) is 0 Å². The Bertz CT molecular complexity index is 683. The molecule has 0 spiro atoms. The van der Waals surface area contributed by atoms with Crippen LogP contribution in [0.25, 0.3) is 0 Å². The third kappa shape index (κ3) is 8.18. The summed E-state index contributed by atoms with van der Waals surface area (Å²) in [6.07, 6.45) is 10.3. The van der Waals surface area contributed by atoms with Crippen molar-refractivity contribution in [1.29, 1.82) is 0 Å². The van der Waals surface area contributed by atoms with E-state index in [2.05, 4.69) is 15.1 Å². The van der Waals surface area contributed by atoms with Gasteiger partial charge >= 0.3 is 194 Å². The molecule has 2 bridgehead atoms. The number of carboxylic acid groups (broad SMARTS) is 1. The van der Waals surface area contributed by atoms with Crippen molar-refractivity contribution < 1.29 is 24.5 Å². The van der Waals surface area contributed by atoms with Crippen molar-refractivity contribution in [2.45, 2.75) is 80.4 Å². The van der Waals surface area contributed by atoms with Crippen LogP contribution in [0.3, 0.4) is 0 Å². The number of rotatable bonds is 3. The average molecular weight is 547 g/mol. The molecular formula is C22H37BIN2O5. The molecule has 1 aromatic rings. The van der Waals surface area contributed by atoms with Gasteiger partial charge in [-0.1, -0.05) is 0 Å². The number of hydrogen-bond acceptors (Lipinski definition) is 6. The molecule has 1 aliphatic heterocycles. The summed E-state index contributed by atoms with van der Waals surface area (Å²) in [6, 6.07) is 2.39. The molecule has 0 fully saturated rings. The van der Waals surface area contributed by atoms with Crippen LogP contribution >= 0.6 is 19.6 Å². The molecule has 4 N–H and O–H groups in total. The predicted molar refractivity (Wildman–Crippen MR) is 132 cm³/mol. The van der Waals surface area contributed by atoms with Crippen LogP contribution in [0.15, 0.2) is 18.3 Å². The van der Waals surface area contributed by atoms with E-state index in [1.165, 1.54) is 25.7 Å². The van der Waals surface area contributed by atoms with Gasteiger partial charge in [0.05, 0.1) is 0 Å². The maximum absolute atomic E-state index is 12.2. The minimum atomic E-state index is -2.17. The average Bonchev–Trinajstić information content (AvgIpc) is 2.75. The Morgan fingerprint density at radius 2 is 1.81 bits per heavy atom. The van der Waals surface area contributed by atoms with Gasteiger partial charge in [0.2, 0.25) is 0 Å². The Morgan fingerprint density at radius 3 is 2.42 bits per heavy atom. The first-order valence-corrected chi connectivity index (χ1v) is 15.8. The van der Waals surface area contributed by atoms with E-state index in [1.54, 1.807) is 18.3 Å². The molecule has 1 radical (unpaired) electrons. The first-order chi connectivity index (χ1) is 14.9. The van der Waals surface area contributed by atoms with E-state index < -0.39 is 41.3 Å². The van der Waals surface area contributed by atoms with E-state index in [9.17, 15) is 15.0 Å². The number of carboxylic acids is 1. The molecule has 175 valence electrons. The number of halogens is 1. The van der Waals surface area contributed by atoms with E-state index in [0.29, 0.717) is 24.7 Å². The van der Waals surface area contributed by atoms with Gasteiger partial charge in [-0.15, -0.1) is 0 Å². The van der Waals surface area contributed by atoms with Crippen molar-refractivity contribution in [3.8, 4) is 5.75 Å². The molecule has 1 aliphatic rings. The van der Waals surface area contributed by atoms with Gasteiger partial charge in [0.25, 0.3) is 0 Å². The molecule has 2 rings (SSSR count). The Kier molecular flexibility index (Phi) is 11.6. The number of ether oxygens (including phenoxy) is 2. The van der Waals surface area contributed by atoms with Gasteiger partial charge in [-0.3, -0.25) is 0 Å². The molecule has 2 unspecified atom stereocenters. The summed E-state index contributed by atoms with van der Waals surface area (Å²) in [5.74, 6) is -0.726. The number of pyridine rings is 1. The number of aliphatic carboxylic acids is 1. The molecule has 0 aliphatic carbocycles. The molecule has 0 amide bonds. The molecule has 9 heteroatoms. The first-order valence-electron chi connectivity index (χ1n) is 11.2. The number of alkyl halides is 2. The Morgan fingerprint density at radius 1 is 1.19 bits per heavy atom. The standard InChI is InChI=1S/C22H37BIN2O5/c1-23-24(2)20-19(25)22(29,21(27)28)16-17-15-18(11-12-26-17)30-13-9-7-5-3-4-6-8-10-14-31-20/h11-12,15,19-20,29H,3-10,13-14,16,25H2,1-2H3,(H,27,28)/t19?,20?,22-/m1/s1. The molecule has 0 aromatic carbocycles. The first kappa shape index (κ1) is 26.3. The van der Waals surface area contributed by atoms with Gasteiger partial charge in [0.1, 0.15) is 0 Å². The number of hydrogen-bond donors (Lipinski definition) is 3. The zero-order valence-corrected chi connectivity index (χ0v) is 20.9. The molecule has 0 saturated carbocycles. The van der Waals surface area contributed by atoms with Crippen LogP contribution in [0.2, 0.25) is 6.82 Å². The van der Waals surface area contributed by atoms with Crippen LogP contribution in [0.4, 0.5) is 0 Å². The summed E-state index contributed by atoms with van der Waals surface area (Å²) in [6.45, 7) is 3.10. The van der Waals surface area contributed by atoms with Crippen molar-refractivity contribution in [3.63, 3.8) is 0 Å². The second-order valence-electron chi connectivity index (χ2n) is 8.09. The van der Waals surface area contributed by atoms with Crippen LogP contribution in [0.1, 0.15) is 57.1 Å². The normalized spacial score (nSPS) is 27.7. The van der Waals surface area contributed by atoms with Crippen LogP contribution in [-0.2, 0) is 16.0 Å². The van der Waals surface area contributed by atoms with E-state index in [-0.39, 0.29) is 6.42 Å². The maximum atomic E-state index is 12.2. The van der Waals surface area contributed by atoms with Crippen molar-refractivity contribution in [2.75, 3.05) is 18.1 Å². The molecule has 3 atom stereocenters. The summed E-state index contributed by atoms with van der Waals surface area (Å²) in [5.41, 5.74) is 4.68. The number of nitrogens with zero attached hydrogens (tertiary/aromatic N) is 1. The molecule has 7 nitrogen and oxygen atoms in total. The monoisotopic (exact) mass is 547 g/mol. The zero-order valence-electron chi connectivity index (χ0n) is 18.8. The van der Waals surface area contributed by atoms with Gasteiger partial charge in [0.15, 0.2) is 0 Å². The van der Waals surface area contributed by atoms with Gasteiger partial charge < -0.3 is 0 Å². The number of nitrogens with two attached hydrogens (primary N) is 1. The van der Waals surface area contributed by atoms with Crippen molar-refractivity contribution in [2.24, 2.45) is 5.73 Å². The van der Waals surface area contributed by atoms with E-state index >= 15 is 0 Å². The van der Waals surface area contributed by atoms with Gasteiger partial charge in [-0.05, 0) is 0 Å². The molecular weight excluding hydrogens is 510 g/mol. The zero-order chi connectivity index (χ0) is 22.7. The fourth-order valence-corrected chi connectivity index (χ4v) is 7.01. The van der Waals surface area contributed by atoms with Crippen LogP contribution in [0, 0.1) is 0 Å². The quantitative estimate of drug-likeness (QED) is 0.302. The SMILES string of the molecule is C[B]I(C)C1OCCCCCCCCCCOc2ccnc(c2)C[C@](O)(C(=O)O)C1N. The Labute approximate surface area is 193 Å². The third-order valence-corrected chi connectivity index (χ3v) is 10.7. The minimum absolute atomic E-state index is 0.200. The third-order valence-electron chi connectivity index (χ3n) is 5.71. The number of carbonyl (C=O) groups is 1. The van der Waals surface area contributed by atoms with Crippen LogP contribution in [-0.4, -0.2) is 60.2 Å². The fraction of sp³-hybridized carbons (Fsp3) is 0.727. The van der Waals surface area contributed by atoms with Crippen molar-refractivity contribution in [3.05, 3.63) is 24.0 Å². The number of aliphatic hydroxyl groups is 1. The summed E-state index contributed by atoms with van der Waals surface area (Å²) in [7, 11) is 0. The second-order valence-corrected chi connectivity index (χ2v) is 13.8. The fourth-order valence-electron chi connectivity index (χ4n) is 3.66. The summed E-state index contributed by atoms with van der Waals surface area (Å²) in [4.78, 5) is 18.5. The molecule has 2 heterocycles. The van der Waals surface area contributed by atoms with E-state index in [0.717, 1.165) is 25.7 Å². The van der Waals surface area contributed by atoms with Crippen molar-refractivity contribution in [1.82, 2.24) is 4.98 Å². The van der Waals surface area contributed by atoms with Gasteiger partial charge in [-0.25, -0.2) is 0 Å². The van der Waals surface area contributed by atoms with E-state index in [4.69, 9.17) is 15.2 Å². The van der Waals surface area contributed by atoms with E-state index in [1.807, 2.05) is 6.82 Å². The Hall–Kier alpha value is -0.905. The summed E-state index contributed by atoms with van der Waals surface area (Å²) >= 11 is -1.82. The van der Waals surface area contributed by atoms with Crippen LogP contribution in [0.5, 0.6) is 5.75 Å². The van der Waals surface area contributed by atoms with Crippen molar-refractivity contribution >= 4 is 30.7 Å². The second kappa shape index (κ2) is 13.6. The van der Waals surface area contributed by atoms with Gasteiger partial charge in [-0.2, -0.15) is 0 Å². The topological polar surface area (TPSA) is 115 Å².